The molecule has 0 aliphatic rings. The van der Waals surface area contributed by atoms with Gasteiger partial charge in [-0.15, -0.1) is 0 Å². The van der Waals surface area contributed by atoms with Crippen LogP contribution in [0.5, 0.6) is 0 Å². The maximum absolute atomic E-state index is 15.0. The number of amides is 11. The predicted molar refractivity (Wildman–Crippen MR) is 372 cm³/mol. The highest BCUT2D eigenvalue weighted by atomic mass is 16.4. The predicted octanol–water partition coefficient (Wildman–Crippen LogP) is -2.93. The molecule has 0 bridgehead atoms. The summed E-state index contributed by atoms with van der Waals surface area (Å²) in [5.41, 5.74) is 24.7. The number of guanidine groups is 2. The zero-order valence-corrected chi connectivity index (χ0v) is 56.2. The Bertz CT molecular complexity index is 3320. The second kappa shape index (κ2) is 45.5. The maximum Gasteiger partial charge on any atom is 0.326 e. The van der Waals surface area contributed by atoms with Crippen LogP contribution in [0.1, 0.15) is 93.4 Å². The third-order valence-electron chi connectivity index (χ3n) is 15.5. The number of rotatable bonds is 46. The van der Waals surface area contributed by atoms with Crippen molar-refractivity contribution >= 4 is 82.9 Å². The van der Waals surface area contributed by atoms with E-state index in [2.05, 4.69) is 69.1 Å². The van der Waals surface area contributed by atoms with Crippen molar-refractivity contribution in [3.8, 4) is 0 Å². The van der Waals surface area contributed by atoms with Gasteiger partial charge >= 0.3 is 5.97 Å². The Hall–Kier alpha value is -11.0. The van der Waals surface area contributed by atoms with Gasteiger partial charge in [0.15, 0.2) is 11.9 Å². The number of nitrogens with one attached hydrogen (secondary N) is 15. The molecule has 0 saturated heterocycles. The zero-order chi connectivity index (χ0) is 73.2. The largest absolute Gasteiger partial charge is 0.480 e. The summed E-state index contributed by atoms with van der Waals surface area (Å²) in [4.78, 5) is 164. The number of carbonyl (C=O) groups excluding carboxylic acids is 11. The Labute approximate surface area is 580 Å². The summed E-state index contributed by atoms with van der Waals surface area (Å²) in [5, 5.41) is 59.8. The Morgan fingerprint density at radius 1 is 0.350 bits per heavy atom. The van der Waals surface area contributed by atoms with Gasteiger partial charge in [-0.3, -0.25) is 63.6 Å². The van der Waals surface area contributed by atoms with E-state index >= 15 is 0 Å². The van der Waals surface area contributed by atoms with Crippen LogP contribution in [0.2, 0.25) is 0 Å². The first kappa shape index (κ1) is 81.4. The highest BCUT2D eigenvalue weighted by Gasteiger charge is 2.36. The third-order valence-corrected chi connectivity index (χ3v) is 15.5. The van der Waals surface area contributed by atoms with E-state index in [-0.39, 0.29) is 121 Å². The lowest BCUT2D eigenvalue weighted by molar-refractivity contribution is -0.142. The van der Waals surface area contributed by atoms with Gasteiger partial charge in [-0.05, 0) is 93.0 Å². The second-order valence-electron chi connectivity index (χ2n) is 23.6. The highest BCUT2D eigenvalue weighted by molar-refractivity contribution is 5.98. The number of aliphatic carboxylic acids is 1. The van der Waals surface area contributed by atoms with E-state index in [0.29, 0.717) is 41.5 Å². The van der Waals surface area contributed by atoms with Gasteiger partial charge in [0.1, 0.15) is 48.3 Å². The van der Waals surface area contributed by atoms with Crippen LogP contribution < -0.4 is 92.1 Å². The van der Waals surface area contributed by atoms with Crippen LogP contribution in [0.15, 0.2) is 121 Å². The minimum atomic E-state index is -1.47. The van der Waals surface area contributed by atoms with Gasteiger partial charge in [0, 0.05) is 52.2 Å². The molecule has 0 aliphatic heterocycles. The van der Waals surface area contributed by atoms with Crippen molar-refractivity contribution in [2.45, 2.75) is 145 Å². The van der Waals surface area contributed by atoms with Gasteiger partial charge in [-0.25, -0.2) is 4.79 Å². The molecule has 0 aliphatic carbocycles. The van der Waals surface area contributed by atoms with Crippen LogP contribution in [0.4, 0.5) is 0 Å². The number of benzene rings is 4. The van der Waals surface area contributed by atoms with Crippen molar-refractivity contribution < 1.29 is 62.6 Å². The molecule has 542 valence electrons. The molecule has 0 heterocycles. The summed E-state index contributed by atoms with van der Waals surface area (Å²) >= 11 is 0. The van der Waals surface area contributed by atoms with Gasteiger partial charge in [0.2, 0.25) is 65.0 Å². The van der Waals surface area contributed by atoms with E-state index < -0.39 is 126 Å². The molecule has 100 heavy (non-hydrogen) atoms. The number of hydrogen-bond acceptors (Lipinski definition) is 16. The van der Waals surface area contributed by atoms with E-state index in [1.165, 1.54) is 6.92 Å². The third kappa shape index (κ3) is 32.8. The SMILES string of the molecule is CC(=O)NCCCC[C@H](NC(=O)[C@H](Cc1ccccc1)NC(=O)[C@@H](CCCNC(=N)N)NC(=O)[C@H](Cc1ccccc1)NC(=O)[C@H](CCCCN)NC(=O)[C@H](Cc1ccccc1)NC(=O)[C@@H](CCCNC(=N)N)NC(=O)[C@H](Cc1ccccc1)NC(=O)CNC(=O)CNC(=O)CN)C(=O)O. The maximum atomic E-state index is 15.0. The summed E-state index contributed by atoms with van der Waals surface area (Å²) in [6, 6.07) is 23.0. The van der Waals surface area contributed by atoms with Crippen LogP contribution in [0, 0.1) is 10.8 Å². The number of carboxylic acid groups (broad SMARTS) is 1. The summed E-state index contributed by atoms with van der Waals surface area (Å²) in [7, 11) is 0. The first-order valence-corrected chi connectivity index (χ1v) is 33.1. The molecule has 32 heteroatoms. The van der Waals surface area contributed by atoms with E-state index in [4.69, 9.17) is 33.8 Å². The summed E-state index contributed by atoms with van der Waals surface area (Å²) in [5.74, 6) is -10.5. The molecule has 32 nitrogen and oxygen atoms in total. The summed E-state index contributed by atoms with van der Waals surface area (Å²) in [6.07, 6.45) is 0.873. The smallest absolute Gasteiger partial charge is 0.326 e. The molecule has 4 aromatic carbocycles. The number of hydrogen-bond donors (Lipinski definition) is 20. The lowest BCUT2D eigenvalue weighted by Crippen LogP contribution is -2.61. The van der Waals surface area contributed by atoms with Crippen molar-refractivity contribution in [3.05, 3.63) is 144 Å². The standard InChI is InChI=1S/C68H97N19O13/c1-43(88)75-33-17-15-29-51(66(99)100)84-65(98)55(39-47-26-12-5-13-27-47)87-61(94)50(31-19-35-77-68(73)74)83-64(97)54(38-46-24-10-4-11-25-46)85-59(92)48(28-14-16-32-69)81-63(96)53(37-45-22-8-3-9-23-45)86-60(93)49(30-18-34-76-67(71)72)82-62(95)52(36-44-20-6-2-7-21-44)80-58(91)42-79-57(90)41-78-56(89)40-70/h2-13,20-27,48-55H,14-19,28-42,69-70H2,1H3,(H,75,88)(H,78,89)(H,79,90)(H,80,91)(H,81,96)(H,82,95)(H,83,97)(H,84,98)(H,85,92)(H,86,93)(H,87,94)(H,99,100)(H4,71,72,76)(H4,73,74,77)/t48-,49+,50+,51-,52-,53-,54-,55-/m0/s1. The fraction of sp³-hybridized carbons (Fsp3) is 0.441. The first-order chi connectivity index (χ1) is 47.9. The molecule has 0 saturated carbocycles. The number of carboxylic acids is 1. The van der Waals surface area contributed by atoms with Crippen LogP contribution >= 0.6 is 0 Å². The monoisotopic (exact) mass is 1390 g/mol. The molecular weight excluding hydrogens is 1290 g/mol. The molecule has 0 fully saturated rings. The summed E-state index contributed by atoms with van der Waals surface area (Å²) < 4.78 is 0. The molecule has 4 rings (SSSR count). The lowest BCUT2D eigenvalue weighted by Gasteiger charge is -2.28. The minimum absolute atomic E-state index is 0.00710. The molecule has 0 spiro atoms. The lowest BCUT2D eigenvalue weighted by atomic mass is 10.0. The molecule has 11 amide bonds. The van der Waals surface area contributed by atoms with E-state index in [1.54, 1.807) is 121 Å². The fourth-order valence-corrected chi connectivity index (χ4v) is 10.2. The molecule has 24 N–H and O–H groups in total. The Balaban J connectivity index is 1.69. The first-order valence-electron chi connectivity index (χ1n) is 33.1. The van der Waals surface area contributed by atoms with Crippen LogP contribution in [-0.2, 0) is 83.2 Å². The number of nitrogens with two attached hydrogens (primary N) is 4. The minimum Gasteiger partial charge on any atom is -0.480 e. The molecule has 8 atom stereocenters. The van der Waals surface area contributed by atoms with Gasteiger partial charge in [0.05, 0.1) is 19.6 Å². The van der Waals surface area contributed by atoms with Crippen LogP contribution in [0.3, 0.4) is 0 Å². The molecule has 0 aromatic heterocycles. The van der Waals surface area contributed by atoms with Crippen molar-refractivity contribution in [2.75, 3.05) is 45.8 Å². The van der Waals surface area contributed by atoms with Crippen LogP contribution in [-0.4, -0.2) is 182 Å². The normalized spacial score (nSPS) is 13.2. The Morgan fingerprint density at radius 2 is 0.640 bits per heavy atom. The second-order valence-corrected chi connectivity index (χ2v) is 23.6. The topological polar surface area (TPSA) is 533 Å². The molecule has 0 radical (unpaired) electrons. The van der Waals surface area contributed by atoms with Gasteiger partial charge in [-0.1, -0.05) is 121 Å². The van der Waals surface area contributed by atoms with E-state index in [1.807, 2.05) is 0 Å². The zero-order valence-electron chi connectivity index (χ0n) is 56.2. The van der Waals surface area contributed by atoms with E-state index in [0.717, 1.165) is 0 Å². The fourth-order valence-electron chi connectivity index (χ4n) is 10.2. The average molecular weight is 1390 g/mol. The Morgan fingerprint density at radius 3 is 0.980 bits per heavy atom. The Kier molecular flexibility index (Phi) is 37.0. The molecule has 0 unspecified atom stereocenters. The quantitative estimate of drug-likeness (QED) is 0.0120. The van der Waals surface area contributed by atoms with Crippen molar-refractivity contribution in [3.63, 3.8) is 0 Å². The molecule has 4 aromatic rings. The number of unbranched alkanes of at least 4 members (excludes halogenated alkanes) is 2. The van der Waals surface area contributed by atoms with E-state index in [9.17, 15) is 62.6 Å². The van der Waals surface area contributed by atoms with Crippen molar-refractivity contribution in [1.82, 2.24) is 69.1 Å². The molecular formula is C68H97N19O13. The average Bonchev–Trinajstić information content (AvgIpc) is 0.866. The summed E-state index contributed by atoms with van der Waals surface area (Å²) in [6.45, 7) is 0.528. The van der Waals surface area contributed by atoms with Crippen LogP contribution in [0.25, 0.3) is 0 Å². The van der Waals surface area contributed by atoms with Crippen molar-refractivity contribution in [1.29, 1.82) is 10.8 Å². The van der Waals surface area contributed by atoms with Crippen molar-refractivity contribution in [2.24, 2.45) is 22.9 Å². The number of carbonyl (C=O) groups is 12. The van der Waals surface area contributed by atoms with Gasteiger partial charge in [-0.2, -0.15) is 0 Å². The van der Waals surface area contributed by atoms with Gasteiger partial charge < -0.3 is 97.2 Å². The highest BCUT2D eigenvalue weighted by Crippen LogP contribution is 2.14. The van der Waals surface area contributed by atoms with Gasteiger partial charge in [0.25, 0.3) is 0 Å².